The maximum atomic E-state index is 13.1. The molecule has 2 heterocycles. The first-order valence-corrected chi connectivity index (χ1v) is 15.0. The highest BCUT2D eigenvalue weighted by Gasteiger charge is 2.45. The third-order valence-corrected chi connectivity index (χ3v) is 7.07. The van der Waals surface area contributed by atoms with Crippen LogP contribution in [0.4, 0.5) is 15.8 Å². The fourth-order valence-corrected chi connectivity index (χ4v) is 4.91. The number of carbonyl (C=O) groups excluding carboxylic acids is 5. The Morgan fingerprint density at radius 3 is 2.38 bits per heavy atom. The molecule has 15 nitrogen and oxygen atoms in total. The summed E-state index contributed by atoms with van der Waals surface area (Å²) in [6.45, 7) is 2.59. The molecule has 4 amide bonds. The second kappa shape index (κ2) is 18.2. The van der Waals surface area contributed by atoms with E-state index in [4.69, 9.17) is 23.7 Å². The maximum Gasteiger partial charge on any atom is 0.264 e. The standard InChI is InChI=1S/C32H36FN5O10/c1-44-22-17-21(36-27(7-9-39)35-20-33)18-23(19-22)48-16-15-47-14-13-46-12-11-45-10-8-34-25-4-2-3-24-29(25)32(43)38(31(24)42)26-5-6-28(40)37-30(26)41/h2-4,7,9,17-20,26,34,36H,5-6,8,10-16H2,1H3,(H,37,40,41)/b27-7-,35-20+. The highest BCUT2D eigenvalue weighted by Crippen LogP contribution is 2.32. The number of fused-ring (bicyclic) bond motifs is 1. The molecule has 1 fully saturated rings. The fraction of sp³-hybridized carbons (Fsp3) is 0.375. The van der Waals surface area contributed by atoms with Gasteiger partial charge in [-0.25, -0.2) is 4.99 Å². The summed E-state index contributed by atoms with van der Waals surface area (Å²) in [5.74, 6) is -1.29. The summed E-state index contributed by atoms with van der Waals surface area (Å²) in [6.07, 6.45) is 1.69. The van der Waals surface area contributed by atoms with Gasteiger partial charge in [-0.15, -0.1) is 0 Å². The predicted octanol–water partition coefficient (Wildman–Crippen LogP) is 2.09. The summed E-state index contributed by atoms with van der Waals surface area (Å²) in [4.78, 5) is 65.0. The van der Waals surface area contributed by atoms with Crippen LogP contribution in [0.1, 0.15) is 33.6 Å². The molecule has 2 aliphatic heterocycles. The molecule has 0 radical (unpaired) electrons. The lowest BCUT2D eigenvalue weighted by Gasteiger charge is -2.27. The SMILES string of the molecule is COc1cc(NC(=C\C=O)/N=C/F)cc(OCCOCCOCCOCCNc2cccc3c2C(=O)N(C2CCC(=O)NC2=O)C3=O)c1. The summed E-state index contributed by atoms with van der Waals surface area (Å²) in [5.41, 5.74) is 1.32. The molecule has 1 atom stereocenters. The molecule has 1 unspecified atom stereocenters. The average molecular weight is 670 g/mol. The van der Waals surface area contributed by atoms with E-state index in [1.54, 1.807) is 30.3 Å². The van der Waals surface area contributed by atoms with Gasteiger partial charge in [0.05, 0.1) is 57.9 Å². The van der Waals surface area contributed by atoms with Crippen molar-refractivity contribution in [3.63, 3.8) is 0 Å². The minimum atomic E-state index is -1.03. The average Bonchev–Trinajstić information content (AvgIpc) is 3.32. The lowest BCUT2D eigenvalue weighted by molar-refractivity contribution is -0.136. The number of amides is 4. The third-order valence-electron chi connectivity index (χ3n) is 7.07. The van der Waals surface area contributed by atoms with E-state index in [9.17, 15) is 28.4 Å². The number of aliphatic imine (C=N–C) groups is 1. The van der Waals surface area contributed by atoms with Crippen molar-refractivity contribution in [2.45, 2.75) is 18.9 Å². The van der Waals surface area contributed by atoms with E-state index < -0.39 is 29.7 Å². The Hall–Kier alpha value is -5.19. The summed E-state index contributed by atoms with van der Waals surface area (Å²) in [6, 6.07) is 8.76. The number of nitrogens with zero attached hydrogens (tertiary/aromatic N) is 2. The number of halogens is 1. The summed E-state index contributed by atoms with van der Waals surface area (Å²) in [5, 5.41) is 8.10. The van der Waals surface area contributed by atoms with E-state index in [1.807, 2.05) is 0 Å². The van der Waals surface area contributed by atoms with E-state index in [2.05, 4.69) is 20.9 Å². The van der Waals surface area contributed by atoms with Gasteiger partial charge in [0.2, 0.25) is 11.8 Å². The molecule has 0 spiro atoms. The van der Waals surface area contributed by atoms with Crippen LogP contribution >= 0.6 is 0 Å². The van der Waals surface area contributed by atoms with Gasteiger partial charge in [-0.3, -0.25) is 34.2 Å². The normalized spacial score (nSPS) is 16.2. The van der Waals surface area contributed by atoms with Crippen molar-refractivity contribution < 1.29 is 52.0 Å². The molecule has 0 aromatic heterocycles. The molecule has 48 heavy (non-hydrogen) atoms. The van der Waals surface area contributed by atoms with Gasteiger partial charge in [0.15, 0.2) is 6.47 Å². The van der Waals surface area contributed by atoms with Crippen molar-refractivity contribution in [2.24, 2.45) is 4.99 Å². The molecule has 0 saturated carbocycles. The molecule has 256 valence electrons. The Balaban J connectivity index is 1.08. The minimum absolute atomic E-state index is 0.00481. The van der Waals surface area contributed by atoms with Gasteiger partial charge in [0, 0.05) is 48.6 Å². The number of anilines is 2. The number of ether oxygens (including phenoxy) is 5. The van der Waals surface area contributed by atoms with Crippen molar-refractivity contribution in [1.29, 1.82) is 0 Å². The zero-order chi connectivity index (χ0) is 34.3. The monoisotopic (exact) mass is 669 g/mol. The molecule has 1 saturated heterocycles. The van der Waals surface area contributed by atoms with Gasteiger partial charge in [-0.1, -0.05) is 6.07 Å². The molecule has 3 N–H and O–H groups in total. The van der Waals surface area contributed by atoms with E-state index in [0.717, 1.165) is 11.0 Å². The molecule has 0 aliphatic carbocycles. The van der Waals surface area contributed by atoms with Gasteiger partial charge in [0.1, 0.15) is 36.3 Å². The lowest BCUT2D eigenvalue weighted by Crippen LogP contribution is -2.54. The second-order valence-corrected chi connectivity index (χ2v) is 10.2. The summed E-state index contributed by atoms with van der Waals surface area (Å²) < 4.78 is 40.0. The summed E-state index contributed by atoms with van der Waals surface area (Å²) in [7, 11) is 1.49. The molecular formula is C32H36FN5O10. The maximum absolute atomic E-state index is 13.1. The third kappa shape index (κ3) is 9.66. The number of methoxy groups -OCH3 is 1. The Bertz CT molecular complexity index is 1550. The predicted molar refractivity (Wildman–Crippen MR) is 170 cm³/mol. The number of hydrogen-bond donors (Lipinski definition) is 3. The van der Waals surface area contributed by atoms with Crippen molar-refractivity contribution in [1.82, 2.24) is 10.2 Å². The first-order valence-electron chi connectivity index (χ1n) is 15.0. The van der Waals surface area contributed by atoms with Gasteiger partial charge in [-0.05, 0) is 18.6 Å². The number of imide groups is 2. The Morgan fingerprint density at radius 1 is 0.979 bits per heavy atom. The number of nitrogens with one attached hydrogen (secondary N) is 3. The Morgan fingerprint density at radius 2 is 1.69 bits per heavy atom. The molecule has 16 heteroatoms. The minimum Gasteiger partial charge on any atom is -0.497 e. The molecular weight excluding hydrogens is 633 g/mol. The van der Waals surface area contributed by atoms with Crippen molar-refractivity contribution in [3.8, 4) is 11.5 Å². The van der Waals surface area contributed by atoms with Gasteiger partial charge >= 0.3 is 0 Å². The molecule has 4 rings (SSSR count). The topological polar surface area (TPSA) is 183 Å². The fourth-order valence-electron chi connectivity index (χ4n) is 4.91. The van der Waals surface area contributed by atoms with Crippen LogP contribution in [0.25, 0.3) is 0 Å². The Labute approximate surface area is 275 Å². The number of piperidine rings is 1. The van der Waals surface area contributed by atoms with Crippen LogP contribution < -0.4 is 25.4 Å². The number of aldehydes is 1. The number of hydrogen-bond acceptors (Lipinski definition) is 13. The van der Waals surface area contributed by atoms with E-state index >= 15 is 0 Å². The van der Waals surface area contributed by atoms with Gasteiger partial charge in [-0.2, -0.15) is 4.39 Å². The quantitative estimate of drug-likeness (QED) is 0.0615. The zero-order valence-corrected chi connectivity index (χ0v) is 26.2. The number of benzene rings is 2. The van der Waals surface area contributed by atoms with Crippen LogP contribution in [0.2, 0.25) is 0 Å². The van der Waals surface area contributed by atoms with E-state index in [1.165, 1.54) is 13.2 Å². The lowest BCUT2D eigenvalue weighted by atomic mass is 10.0. The number of rotatable bonds is 20. The molecule has 2 aliphatic rings. The van der Waals surface area contributed by atoms with Crippen molar-refractivity contribution >= 4 is 47.8 Å². The van der Waals surface area contributed by atoms with Gasteiger partial charge in [0.25, 0.3) is 11.8 Å². The van der Waals surface area contributed by atoms with Crippen LogP contribution in [0.3, 0.4) is 0 Å². The van der Waals surface area contributed by atoms with Crippen molar-refractivity contribution in [2.75, 3.05) is 70.5 Å². The van der Waals surface area contributed by atoms with Crippen LogP contribution in [0, 0.1) is 0 Å². The number of allylic oxidation sites excluding steroid dienone is 1. The van der Waals surface area contributed by atoms with E-state index in [-0.39, 0.29) is 49.5 Å². The zero-order valence-electron chi connectivity index (χ0n) is 26.2. The van der Waals surface area contributed by atoms with Crippen LogP contribution in [0.15, 0.2) is 53.3 Å². The van der Waals surface area contributed by atoms with Crippen LogP contribution in [-0.4, -0.2) is 107 Å². The first-order chi connectivity index (χ1) is 23.4. The molecule has 2 aromatic rings. The molecule has 0 bridgehead atoms. The smallest absolute Gasteiger partial charge is 0.264 e. The molecule has 2 aromatic carbocycles. The number of carbonyl (C=O) groups is 5. The Kier molecular flexibility index (Phi) is 13.5. The second-order valence-electron chi connectivity index (χ2n) is 10.2. The van der Waals surface area contributed by atoms with Gasteiger partial charge < -0.3 is 34.3 Å². The van der Waals surface area contributed by atoms with Crippen LogP contribution in [0.5, 0.6) is 11.5 Å². The largest absolute Gasteiger partial charge is 0.497 e. The highest BCUT2D eigenvalue weighted by atomic mass is 19.1. The highest BCUT2D eigenvalue weighted by molar-refractivity contribution is 6.25. The first kappa shape index (κ1) is 35.7. The van der Waals surface area contributed by atoms with Crippen LogP contribution in [-0.2, 0) is 28.6 Å². The van der Waals surface area contributed by atoms with Crippen molar-refractivity contribution in [3.05, 3.63) is 59.4 Å². The van der Waals surface area contributed by atoms with E-state index in [0.29, 0.717) is 68.7 Å². The summed E-state index contributed by atoms with van der Waals surface area (Å²) >= 11 is 0.